The number of hydrogen-bond donors (Lipinski definition) is 1. The van der Waals surface area contributed by atoms with Crippen LogP contribution in [0.2, 0.25) is 0 Å². The molecule has 1 N–H and O–H groups in total. The van der Waals surface area contributed by atoms with E-state index in [-0.39, 0.29) is 24.4 Å². The summed E-state index contributed by atoms with van der Waals surface area (Å²) in [6.07, 6.45) is 0.667. The molecule has 1 aliphatic rings. The molecule has 8 nitrogen and oxygen atoms in total. The first kappa shape index (κ1) is 18.4. The van der Waals surface area contributed by atoms with E-state index < -0.39 is 30.4 Å². The van der Waals surface area contributed by atoms with Crippen molar-refractivity contribution in [3.05, 3.63) is 29.8 Å². The number of hydrogen-bond acceptors (Lipinski definition) is 6. The van der Waals surface area contributed by atoms with Crippen molar-refractivity contribution < 1.29 is 28.7 Å². The summed E-state index contributed by atoms with van der Waals surface area (Å²) in [6.45, 7) is -0.234. The highest BCUT2D eigenvalue weighted by Crippen LogP contribution is 2.20. The van der Waals surface area contributed by atoms with E-state index in [0.29, 0.717) is 12.1 Å². The predicted octanol–water partition coefficient (Wildman–Crippen LogP) is 0.505. The third-order valence-electron chi connectivity index (χ3n) is 3.98. The van der Waals surface area contributed by atoms with Crippen LogP contribution in [0.4, 0.5) is 5.69 Å². The van der Waals surface area contributed by atoms with Gasteiger partial charge < -0.3 is 19.7 Å². The lowest BCUT2D eigenvalue weighted by Crippen LogP contribution is -2.40. The summed E-state index contributed by atoms with van der Waals surface area (Å²) in [5.74, 6) is -2.12. The van der Waals surface area contributed by atoms with E-state index in [9.17, 15) is 19.2 Å². The van der Waals surface area contributed by atoms with Gasteiger partial charge in [-0.05, 0) is 18.6 Å². The lowest BCUT2D eigenvalue weighted by atomic mass is 10.00. The van der Waals surface area contributed by atoms with E-state index in [1.807, 2.05) is 0 Å². The van der Waals surface area contributed by atoms with Crippen molar-refractivity contribution in [3.8, 4) is 0 Å². The number of para-hydroxylation sites is 1. The van der Waals surface area contributed by atoms with Gasteiger partial charge >= 0.3 is 11.9 Å². The van der Waals surface area contributed by atoms with Gasteiger partial charge in [0.2, 0.25) is 5.91 Å². The van der Waals surface area contributed by atoms with Gasteiger partial charge in [0.05, 0.1) is 24.3 Å². The number of piperidine rings is 1. The lowest BCUT2D eigenvalue weighted by Gasteiger charge is -2.22. The van der Waals surface area contributed by atoms with Crippen LogP contribution in [0, 0.1) is 5.92 Å². The molecule has 134 valence electrons. The summed E-state index contributed by atoms with van der Waals surface area (Å²) in [7, 11) is 2.74. The number of carbonyl (C=O) groups is 4. The van der Waals surface area contributed by atoms with Crippen LogP contribution in [0.1, 0.15) is 23.2 Å². The minimum Gasteiger partial charge on any atom is -0.465 e. The summed E-state index contributed by atoms with van der Waals surface area (Å²) in [4.78, 5) is 48.4. The van der Waals surface area contributed by atoms with E-state index in [1.54, 1.807) is 24.3 Å². The number of carbonyl (C=O) groups excluding carboxylic acids is 4. The van der Waals surface area contributed by atoms with Crippen LogP contribution in [-0.4, -0.2) is 51.1 Å². The molecule has 8 heteroatoms. The fraction of sp³-hybridized carbons (Fsp3) is 0.412. The number of benzene rings is 1. The van der Waals surface area contributed by atoms with Crippen LogP contribution in [0.15, 0.2) is 24.3 Å². The van der Waals surface area contributed by atoms with Crippen LogP contribution in [0.25, 0.3) is 0 Å². The van der Waals surface area contributed by atoms with Gasteiger partial charge in [-0.25, -0.2) is 4.79 Å². The number of nitrogens with one attached hydrogen (secondary N) is 1. The molecule has 0 unspecified atom stereocenters. The van der Waals surface area contributed by atoms with E-state index in [4.69, 9.17) is 9.47 Å². The van der Waals surface area contributed by atoms with Gasteiger partial charge in [-0.15, -0.1) is 0 Å². The Morgan fingerprint density at radius 1 is 1.28 bits per heavy atom. The minimum absolute atomic E-state index is 0.0979. The molecule has 1 aliphatic heterocycles. The summed E-state index contributed by atoms with van der Waals surface area (Å²) in [5.41, 5.74) is 0.600. The van der Waals surface area contributed by atoms with Gasteiger partial charge in [0.25, 0.3) is 5.91 Å². The second kappa shape index (κ2) is 8.27. The number of amides is 2. The van der Waals surface area contributed by atoms with Crippen molar-refractivity contribution >= 4 is 29.4 Å². The molecule has 0 bridgehead atoms. The number of anilines is 1. The highest BCUT2D eigenvalue weighted by atomic mass is 16.5. The molecule has 1 aromatic carbocycles. The Hall–Kier alpha value is -2.90. The lowest BCUT2D eigenvalue weighted by molar-refractivity contribution is -0.153. The van der Waals surface area contributed by atoms with Crippen LogP contribution >= 0.6 is 0 Å². The van der Waals surface area contributed by atoms with E-state index in [1.165, 1.54) is 19.1 Å². The number of esters is 2. The highest BCUT2D eigenvalue weighted by molar-refractivity contribution is 6.03. The van der Waals surface area contributed by atoms with E-state index in [0.717, 1.165) is 0 Å². The third-order valence-corrected chi connectivity index (χ3v) is 3.98. The molecule has 2 amide bonds. The van der Waals surface area contributed by atoms with Gasteiger partial charge in [0.15, 0.2) is 6.61 Å². The maximum absolute atomic E-state index is 12.3. The summed E-state index contributed by atoms with van der Waals surface area (Å²) in [5, 5.41) is 2.59. The zero-order valence-corrected chi connectivity index (χ0v) is 14.1. The maximum Gasteiger partial charge on any atom is 0.339 e. The Bertz CT molecular complexity index is 677. The molecule has 1 atom stereocenters. The number of rotatable bonds is 5. The molecule has 0 aliphatic carbocycles. The Labute approximate surface area is 145 Å². The molecule has 0 spiro atoms. The van der Waals surface area contributed by atoms with Crippen LogP contribution in [-0.2, 0) is 23.9 Å². The van der Waals surface area contributed by atoms with Crippen molar-refractivity contribution in [2.24, 2.45) is 5.92 Å². The second-order valence-corrected chi connectivity index (χ2v) is 5.61. The molecular weight excluding hydrogens is 328 g/mol. The summed E-state index contributed by atoms with van der Waals surface area (Å²) < 4.78 is 9.75. The average molecular weight is 348 g/mol. The average Bonchev–Trinajstić information content (AvgIpc) is 2.65. The number of nitrogens with zero attached hydrogens (tertiary/aromatic N) is 1. The Morgan fingerprint density at radius 3 is 2.64 bits per heavy atom. The minimum atomic E-state index is -0.565. The van der Waals surface area contributed by atoms with Gasteiger partial charge in [0, 0.05) is 20.0 Å². The first-order valence-electron chi connectivity index (χ1n) is 7.81. The smallest absolute Gasteiger partial charge is 0.339 e. The molecule has 1 saturated heterocycles. The van der Waals surface area contributed by atoms with Crippen molar-refractivity contribution in [1.29, 1.82) is 0 Å². The standard InChI is InChI=1S/C17H20N2O6/c1-19(13-6-4-3-5-12(13)17(23)24-2)15(21)10-25-16(22)11-7-8-14(20)18-9-11/h3-6,11H,7-10H2,1-2H3,(H,18,20)/t11-/m0/s1. The number of likely N-dealkylation sites (N-methyl/N-ethyl adjacent to an activating group) is 1. The molecule has 1 aromatic rings. The molecule has 0 radical (unpaired) electrons. The zero-order valence-electron chi connectivity index (χ0n) is 14.1. The van der Waals surface area contributed by atoms with Crippen molar-refractivity contribution in [1.82, 2.24) is 5.32 Å². The van der Waals surface area contributed by atoms with E-state index >= 15 is 0 Å². The highest BCUT2D eigenvalue weighted by Gasteiger charge is 2.27. The van der Waals surface area contributed by atoms with Crippen molar-refractivity contribution in [3.63, 3.8) is 0 Å². The predicted molar refractivity (Wildman–Crippen MR) is 87.9 cm³/mol. The summed E-state index contributed by atoms with van der Waals surface area (Å²) >= 11 is 0. The first-order chi connectivity index (χ1) is 11.9. The zero-order chi connectivity index (χ0) is 18.4. The molecule has 2 rings (SSSR count). The normalized spacial score (nSPS) is 16.6. The fourth-order valence-electron chi connectivity index (χ4n) is 2.46. The molecule has 0 aromatic heterocycles. The molecule has 1 fully saturated rings. The van der Waals surface area contributed by atoms with Crippen LogP contribution in [0.5, 0.6) is 0 Å². The summed E-state index contributed by atoms with van der Waals surface area (Å²) in [6, 6.07) is 6.48. The molecule has 25 heavy (non-hydrogen) atoms. The van der Waals surface area contributed by atoms with Crippen molar-refractivity contribution in [2.75, 3.05) is 32.2 Å². The van der Waals surface area contributed by atoms with Gasteiger partial charge in [-0.2, -0.15) is 0 Å². The third kappa shape index (κ3) is 4.56. The molecule has 0 saturated carbocycles. The fourth-order valence-corrected chi connectivity index (χ4v) is 2.46. The van der Waals surface area contributed by atoms with Crippen LogP contribution in [0.3, 0.4) is 0 Å². The van der Waals surface area contributed by atoms with Gasteiger partial charge in [-0.3, -0.25) is 14.4 Å². The van der Waals surface area contributed by atoms with Gasteiger partial charge in [-0.1, -0.05) is 12.1 Å². The Balaban J connectivity index is 1.96. The van der Waals surface area contributed by atoms with Gasteiger partial charge in [0.1, 0.15) is 0 Å². The Kier molecular flexibility index (Phi) is 6.10. The topological polar surface area (TPSA) is 102 Å². The second-order valence-electron chi connectivity index (χ2n) is 5.61. The largest absolute Gasteiger partial charge is 0.465 e. The van der Waals surface area contributed by atoms with E-state index in [2.05, 4.69) is 5.32 Å². The maximum atomic E-state index is 12.3. The first-order valence-corrected chi connectivity index (χ1v) is 7.81. The van der Waals surface area contributed by atoms with Crippen LogP contribution < -0.4 is 10.2 Å². The van der Waals surface area contributed by atoms with Crippen molar-refractivity contribution in [2.45, 2.75) is 12.8 Å². The molecule has 1 heterocycles. The number of methoxy groups -OCH3 is 1. The monoisotopic (exact) mass is 348 g/mol. The SMILES string of the molecule is COC(=O)c1ccccc1N(C)C(=O)COC(=O)[C@H]1CCC(=O)NC1. The number of ether oxygens (including phenoxy) is 2. The Morgan fingerprint density at radius 2 is 2.00 bits per heavy atom. The quantitative estimate of drug-likeness (QED) is 0.778. The molecular formula is C17H20N2O6.